The quantitative estimate of drug-likeness (QED) is 0.703. The topological polar surface area (TPSA) is 41.1 Å². The molecule has 0 aliphatic carbocycles. The average Bonchev–Trinajstić information content (AvgIpc) is 2.25. The van der Waals surface area contributed by atoms with Crippen molar-refractivity contribution in [3.05, 3.63) is 0 Å². The van der Waals surface area contributed by atoms with Crippen molar-refractivity contribution >= 4 is 17.7 Å². The summed E-state index contributed by atoms with van der Waals surface area (Å²) in [4.78, 5) is 11.9. The Kier molecular flexibility index (Phi) is 7.88. The molecule has 0 spiro atoms. The highest BCUT2D eigenvalue weighted by atomic mass is 32.2. The second kappa shape index (κ2) is 7.98. The minimum absolute atomic E-state index is 0.0909. The molecular formula is C13H28N2OS. The molecule has 3 nitrogen and oxygen atoms in total. The molecule has 0 radical (unpaired) electrons. The van der Waals surface area contributed by atoms with E-state index in [1.54, 1.807) is 0 Å². The molecule has 0 aromatic heterocycles. The molecule has 2 N–H and O–H groups in total. The fraction of sp³-hybridized carbons (Fsp3) is 0.923. The summed E-state index contributed by atoms with van der Waals surface area (Å²) >= 11 is 1.84. The lowest BCUT2D eigenvalue weighted by Gasteiger charge is -2.27. The van der Waals surface area contributed by atoms with Crippen molar-refractivity contribution < 1.29 is 4.79 Å². The van der Waals surface area contributed by atoms with E-state index in [4.69, 9.17) is 0 Å². The number of rotatable bonds is 8. The van der Waals surface area contributed by atoms with E-state index in [1.807, 2.05) is 32.5 Å². The van der Waals surface area contributed by atoms with Gasteiger partial charge in [-0.05, 0) is 51.7 Å². The number of carbonyl (C=O) groups excluding carboxylic acids is 1. The third-order valence-electron chi connectivity index (χ3n) is 2.96. The minimum atomic E-state index is -0.120. The van der Waals surface area contributed by atoms with Crippen LogP contribution in [0.25, 0.3) is 0 Å². The molecule has 0 aromatic carbocycles. The van der Waals surface area contributed by atoms with Crippen LogP contribution in [0.3, 0.4) is 0 Å². The van der Waals surface area contributed by atoms with Crippen molar-refractivity contribution in [3.8, 4) is 0 Å². The van der Waals surface area contributed by atoms with Gasteiger partial charge >= 0.3 is 0 Å². The van der Waals surface area contributed by atoms with E-state index in [0.717, 1.165) is 18.7 Å². The smallest absolute Gasteiger partial charge is 0.237 e. The predicted molar refractivity (Wildman–Crippen MR) is 77.5 cm³/mol. The monoisotopic (exact) mass is 260 g/mol. The third-order valence-corrected chi connectivity index (χ3v) is 3.86. The van der Waals surface area contributed by atoms with Gasteiger partial charge in [0.05, 0.1) is 6.04 Å². The lowest BCUT2D eigenvalue weighted by atomic mass is 10.0. The van der Waals surface area contributed by atoms with Crippen molar-refractivity contribution in [1.82, 2.24) is 10.6 Å². The normalized spacial score (nSPS) is 15.4. The second-order valence-corrected chi connectivity index (χ2v) is 6.33. The number of amides is 1. The summed E-state index contributed by atoms with van der Waals surface area (Å²) in [5, 5.41) is 6.34. The van der Waals surface area contributed by atoms with Crippen molar-refractivity contribution in [3.63, 3.8) is 0 Å². The van der Waals surface area contributed by atoms with Crippen LogP contribution in [0.1, 0.15) is 41.0 Å². The Morgan fingerprint density at radius 2 is 1.94 bits per heavy atom. The van der Waals surface area contributed by atoms with Gasteiger partial charge in [0.15, 0.2) is 0 Å². The number of carbonyl (C=O) groups is 1. The highest BCUT2D eigenvalue weighted by Crippen LogP contribution is 2.07. The SMILES string of the molecule is CCC(C)(C)NC(=O)C(C)NCC(C)CSC. The van der Waals surface area contributed by atoms with Gasteiger partial charge in [0.25, 0.3) is 0 Å². The standard InChI is InChI=1S/C13H28N2OS/c1-7-13(4,5)15-12(16)11(3)14-8-10(2)9-17-6/h10-11,14H,7-9H2,1-6H3,(H,15,16). The van der Waals surface area contributed by atoms with Gasteiger partial charge < -0.3 is 10.6 Å². The lowest BCUT2D eigenvalue weighted by molar-refractivity contribution is -0.124. The zero-order valence-corrected chi connectivity index (χ0v) is 12.9. The van der Waals surface area contributed by atoms with Crippen LogP contribution in [0, 0.1) is 5.92 Å². The van der Waals surface area contributed by atoms with Crippen LogP contribution in [0.15, 0.2) is 0 Å². The van der Waals surface area contributed by atoms with Gasteiger partial charge in [0, 0.05) is 5.54 Å². The Morgan fingerprint density at radius 1 is 1.35 bits per heavy atom. The fourth-order valence-corrected chi connectivity index (χ4v) is 2.03. The summed E-state index contributed by atoms with van der Waals surface area (Å²) in [6.45, 7) is 11.2. The van der Waals surface area contributed by atoms with E-state index in [2.05, 4.69) is 30.7 Å². The third kappa shape index (κ3) is 7.66. The summed E-state index contributed by atoms with van der Waals surface area (Å²) in [6, 6.07) is -0.120. The van der Waals surface area contributed by atoms with Gasteiger partial charge in [-0.2, -0.15) is 11.8 Å². The summed E-state index contributed by atoms with van der Waals surface area (Å²) in [5.74, 6) is 1.81. The molecule has 0 aliphatic rings. The second-order valence-electron chi connectivity index (χ2n) is 5.42. The van der Waals surface area contributed by atoms with Gasteiger partial charge in [-0.25, -0.2) is 0 Å². The molecule has 0 aliphatic heterocycles. The Labute approximate surface area is 111 Å². The Morgan fingerprint density at radius 3 is 2.41 bits per heavy atom. The van der Waals surface area contributed by atoms with E-state index < -0.39 is 0 Å². The highest BCUT2D eigenvalue weighted by Gasteiger charge is 2.21. The fourth-order valence-electron chi connectivity index (χ4n) is 1.34. The molecule has 1 amide bonds. The molecule has 2 atom stereocenters. The molecule has 0 rings (SSSR count). The van der Waals surface area contributed by atoms with E-state index in [9.17, 15) is 4.79 Å². The molecule has 0 heterocycles. The Balaban J connectivity index is 3.98. The van der Waals surface area contributed by atoms with Gasteiger partial charge in [-0.1, -0.05) is 13.8 Å². The first kappa shape index (κ1) is 16.8. The number of hydrogen-bond donors (Lipinski definition) is 2. The summed E-state index contributed by atoms with van der Waals surface area (Å²) in [5.41, 5.74) is -0.113. The molecule has 0 aromatic rings. The Bertz CT molecular complexity index is 231. The predicted octanol–water partition coefficient (Wildman–Crippen LogP) is 2.27. The van der Waals surface area contributed by atoms with Gasteiger partial charge in [0.2, 0.25) is 5.91 Å². The number of nitrogens with one attached hydrogen (secondary N) is 2. The molecule has 0 saturated heterocycles. The van der Waals surface area contributed by atoms with Crippen LogP contribution in [0.4, 0.5) is 0 Å². The maximum atomic E-state index is 11.9. The Hall–Kier alpha value is -0.220. The van der Waals surface area contributed by atoms with Crippen LogP contribution in [0.5, 0.6) is 0 Å². The molecule has 17 heavy (non-hydrogen) atoms. The van der Waals surface area contributed by atoms with Gasteiger partial charge in [-0.3, -0.25) is 4.79 Å². The molecular weight excluding hydrogens is 232 g/mol. The summed E-state index contributed by atoms with van der Waals surface area (Å²) < 4.78 is 0. The minimum Gasteiger partial charge on any atom is -0.350 e. The number of thioether (sulfide) groups is 1. The lowest BCUT2D eigenvalue weighted by Crippen LogP contribution is -2.51. The van der Waals surface area contributed by atoms with Crippen molar-refractivity contribution in [2.75, 3.05) is 18.6 Å². The van der Waals surface area contributed by atoms with E-state index in [1.165, 1.54) is 0 Å². The summed E-state index contributed by atoms with van der Waals surface area (Å²) in [7, 11) is 0. The van der Waals surface area contributed by atoms with Crippen molar-refractivity contribution in [1.29, 1.82) is 0 Å². The van der Waals surface area contributed by atoms with Crippen molar-refractivity contribution in [2.45, 2.75) is 52.6 Å². The van der Waals surface area contributed by atoms with E-state index >= 15 is 0 Å². The van der Waals surface area contributed by atoms with E-state index in [-0.39, 0.29) is 17.5 Å². The van der Waals surface area contributed by atoms with Crippen LogP contribution in [0.2, 0.25) is 0 Å². The van der Waals surface area contributed by atoms with Gasteiger partial charge in [-0.15, -0.1) is 0 Å². The first-order chi connectivity index (χ1) is 7.82. The molecule has 2 unspecified atom stereocenters. The zero-order valence-electron chi connectivity index (χ0n) is 12.1. The molecule has 102 valence electrons. The average molecular weight is 260 g/mol. The van der Waals surface area contributed by atoms with Gasteiger partial charge in [0.1, 0.15) is 0 Å². The highest BCUT2D eigenvalue weighted by molar-refractivity contribution is 7.98. The molecule has 0 fully saturated rings. The summed E-state index contributed by atoms with van der Waals surface area (Å²) in [6.07, 6.45) is 3.05. The van der Waals surface area contributed by atoms with Crippen LogP contribution >= 0.6 is 11.8 Å². The first-order valence-corrected chi connectivity index (χ1v) is 7.76. The first-order valence-electron chi connectivity index (χ1n) is 6.36. The molecule has 4 heteroatoms. The van der Waals surface area contributed by atoms with E-state index in [0.29, 0.717) is 5.92 Å². The largest absolute Gasteiger partial charge is 0.350 e. The molecule has 0 bridgehead atoms. The zero-order chi connectivity index (χ0) is 13.5. The maximum absolute atomic E-state index is 11.9. The van der Waals surface area contributed by atoms with Crippen molar-refractivity contribution in [2.24, 2.45) is 5.92 Å². The van der Waals surface area contributed by atoms with Crippen LogP contribution < -0.4 is 10.6 Å². The molecule has 0 saturated carbocycles. The maximum Gasteiger partial charge on any atom is 0.237 e. The van der Waals surface area contributed by atoms with Crippen LogP contribution in [-0.2, 0) is 4.79 Å². The number of hydrogen-bond acceptors (Lipinski definition) is 3. The van der Waals surface area contributed by atoms with Crippen LogP contribution in [-0.4, -0.2) is 36.0 Å².